The molecule has 0 fully saturated rings. The van der Waals surface area contributed by atoms with Crippen molar-refractivity contribution in [2.75, 3.05) is 7.05 Å². The summed E-state index contributed by atoms with van der Waals surface area (Å²) >= 11 is 0. The zero-order valence-electron chi connectivity index (χ0n) is 5.51. The normalized spacial score (nSPS) is 29.9. The summed E-state index contributed by atoms with van der Waals surface area (Å²) in [6.45, 7) is 4.17. The molecule has 8 heavy (non-hydrogen) atoms. The Kier molecular flexibility index (Phi) is 1.26. The maximum Gasteiger partial charge on any atom is 0.112 e. The molecule has 2 nitrogen and oxygen atoms in total. The number of likely N-dealkylation sites (N-methyl/N-ethyl adjacent to an activating group) is 1. The Balaban J connectivity index is 2.59. The molecule has 0 radical (unpaired) electrons. The number of nitrogens with zero attached hydrogens (tertiary/aromatic N) is 1. The summed E-state index contributed by atoms with van der Waals surface area (Å²) < 4.78 is 0. The molecule has 0 N–H and O–H groups in total. The lowest BCUT2D eigenvalue weighted by molar-refractivity contribution is -0.0748. The van der Waals surface area contributed by atoms with Gasteiger partial charge in [0.15, 0.2) is 0 Å². The third-order valence-electron chi connectivity index (χ3n) is 1.61. The third kappa shape index (κ3) is 0.713. The molecule has 46 valence electrons. The van der Waals surface area contributed by atoms with E-state index in [0.29, 0.717) is 6.04 Å². The minimum absolute atomic E-state index is 0.454. The summed E-state index contributed by atoms with van der Waals surface area (Å²) in [5.41, 5.74) is 1.28. The molecule has 1 heterocycles. The molecule has 1 aliphatic rings. The van der Waals surface area contributed by atoms with Crippen LogP contribution in [0.5, 0.6) is 0 Å². The minimum atomic E-state index is 0.454. The first-order valence-corrected chi connectivity index (χ1v) is 2.78. The topological polar surface area (TPSA) is 12.5 Å². The molecule has 0 aromatic carbocycles. The van der Waals surface area contributed by atoms with Crippen molar-refractivity contribution in [3.63, 3.8) is 0 Å². The van der Waals surface area contributed by atoms with E-state index in [2.05, 4.69) is 13.8 Å². The van der Waals surface area contributed by atoms with Gasteiger partial charge in [0.1, 0.15) is 6.26 Å². The fraction of sp³-hybridized carbons (Fsp3) is 0.667. The van der Waals surface area contributed by atoms with Gasteiger partial charge in [-0.25, -0.2) is 0 Å². The summed E-state index contributed by atoms with van der Waals surface area (Å²) in [5.74, 6) is 0. The number of hydroxylamine groups is 2. The van der Waals surface area contributed by atoms with Gasteiger partial charge in [0.25, 0.3) is 0 Å². The third-order valence-corrected chi connectivity index (χ3v) is 1.61. The second kappa shape index (κ2) is 1.78. The van der Waals surface area contributed by atoms with Gasteiger partial charge in [-0.1, -0.05) is 0 Å². The van der Waals surface area contributed by atoms with Crippen LogP contribution < -0.4 is 0 Å². The Bertz CT molecular complexity index is 120. The summed E-state index contributed by atoms with van der Waals surface area (Å²) in [6.07, 6.45) is 1.78. The highest BCUT2D eigenvalue weighted by Gasteiger charge is 2.16. The van der Waals surface area contributed by atoms with Crippen LogP contribution in [0.15, 0.2) is 11.8 Å². The van der Waals surface area contributed by atoms with E-state index in [9.17, 15) is 0 Å². The van der Waals surface area contributed by atoms with Crippen molar-refractivity contribution in [2.24, 2.45) is 0 Å². The Labute approximate surface area is 49.7 Å². The van der Waals surface area contributed by atoms with E-state index in [1.165, 1.54) is 5.57 Å². The molecule has 0 saturated heterocycles. The standard InChI is InChI=1S/C6H11NO/c1-5-4-8-7(3)6(5)2/h4,6H,1-3H3. The summed E-state index contributed by atoms with van der Waals surface area (Å²) in [7, 11) is 1.93. The van der Waals surface area contributed by atoms with Crippen LogP contribution >= 0.6 is 0 Å². The lowest BCUT2D eigenvalue weighted by atomic mass is 10.2. The van der Waals surface area contributed by atoms with E-state index < -0.39 is 0 Å². The molecule has 0 spiro atoms. The highest BCUT2D eigenvalue weighted by atomic mass is 16.7. The fourth-order valence-electron chi connectivity index (χ4n) is 0.643. The van der Waals surface area contributed by atoms with E-state index in [-0.39, 0.29) is 0 Å². The van der Waals surface area contributed by atoms with Crippen molar-refractivity contribution in [3.05, 3.63) is 11.8 Å². The van der Waals surface area contributed by atoms with Crippen LogP contribution in [-0.2, 0) is 4.84 Å². The van der Waals surface area contributed by atoms with Gasteiger partial charge in [-0.3, -0.25) is 0 Å². The van der Waals surface area contributed by atoms with Crippen LogP contribution in [0.25, 0.3) is 0 Å². The van der Waals surface area contributed by atoms with Gasteiger partial charge in [-0.15, -0.1) is 5.06 Å². The second-order valence-corrected chi connectivity index (χ2v) is 2.19. The highest BCUT2D eigenvalue weighted by molar-refractivity contribution is 5.05. The first-order valence-electron chi connectivity index (χ1n) is 2.78. The van der Waals surface area contributed by atoms with Crippen molar-refractivity contribution in [3.8, 4) is 0 Å². The predicted molar refractivity (Wildman–Crippen MR) is 32.1 cm³/mol. The Morgan fingerprint density at radius 2 is 2.38 bits per heavy atom. The SMILES string of the molecule is CC1=CON(C)C1C. The Morgan fingerprint density at radius 1 is 1.75 bits per heavy atom. The van der Waals surface area contributed by atoms with E-state index in [1.807, 2.05) is 12.1 Å². The van der Waals surface area contributed by atoms with Crippen molar-refractivity contribution >= 4 is 0 Å². The maximum atomic E-state index is 5.05. The average molecular weight is 113 g/mol. The lowest BCUT2D eigenvalue weighted by Gasteiger charge is -2.13. The molecule has 1 unspecified atom stereocenters. The maximum absolute atomic E-state index is 5.05. The van der Waals surface area contributed by atoms with Crippen LogP contribution in [-0.4, -0.2) is 18.2 Å². The quantitative estimate of drug-likeness (QED) is 0.467. The van der Waals surface area contributed by atoms with Gasteiger partial charge in [-0.2, -0.15) is 0 Å². The van der Waals surface area contributed by atoms with Gasteiger partial charge in [-0.05, 0) is 19.4 Å². The molecule has 0 bridgehead atoms. The molecule has 0 saturated carbocycles. The van der Waals surface area contributed by atoms with Crippen LogP contribution in [0.2, 0.25) is 0 Å². The molecule has 1 rings (SSSR count). The first kappa shape index (κ1) is 5.63. The van der Waals surface area contributed by atoms with E-state index >= 15 is 0 Å². The predicted octanol–water partition coefficient (Wildman–Crippen LogP) is 1.16. The second-order valence-electron chi connectivity index (χ2n) is 2.19. The first-order chi connectivity index (χ1) is 3.72. The smallest absolute Gasteiger partial charge is 0.112 e. The van der Waals surface area contributed by atoms with Crippen molar-refractivity contribution < 1.29 is 4.84 Å². The molecule has 0 aromatic heterocycles. The molecule has 1 aliphatic heterocycles. The van der Waals surface area contributed by atoms with Gasteiger partial charge in [0.05, 0.1) is 6.04 Å². The van der Waals surface area contributed by atoms with E-state index in [0.717, 1.165) is 0 Å². The van der Waals surface area contributed by atoms with Gasteiger partial charge >= 0.3 is 0 Å². The monoisotopic (exact) mass is 113 g/mol. The summed E-state index contributed by atoms with van der Waals surface area (Å²) in [4.78, 5) is 5.05. The number of hydrogen-bond donors (Lipinski definition) is 0. The van der Waals surface area contributed by atoms with Crippen LogP contribution in [0.1, 0.15) is 13.8 Å². The van der Waals surface area contributed by atoms with Crippen LogP contribution in [0.4, 0.5) is 0 Å². The van der Waals surface area contributed by atoms with Crippen molar-refractivity contribution in [1.29, 1.82) is 0 Å². The molecule has 0 aromatic rings. The zero-order valence-corrected chi connectivity index (χ0v) is 5.51. The van der Waals surface area contributed by atoms with E-state index in [4.69, 9.17) is 4.84 Å². The molecule has 1 atom stereocenters. The molecule has 0 aliphatic carbocycles. The largest absolute Gasteiger partial charge is 0.413 e. The van der Waals surface area contributed by atoms with E-state index in [1.54, 1.807) is 6.26 Å². The number of rotatable bonds is 0. The molecule has 2 heteroatoms. The fourth-order valence-corrected chi connectivity index (χ4v) is 0.643. The summed E-state index contributed by atoms with van der Waals surface area (Å²) in [6, 6.07) is 0.454. The molecular formula is C6H11NO. The Morgan fingerprint density at radius 3 is 2.50 bits per heavy atom. The highest BCUT2D eigenvalue weighted by Crippen LogP contribution is 2.15. The Hall–Kier alpha value is -0.500. The van der Waals surface area contributed by atoms with Crippen LogP contribution in [0.3, 0.4) is 0 Å². The van der Waals surface area contributed by atoms with Gasteiger partial charge in [0.2, 0.25) is 0 Å². The molecular weight excluding hydrogens is 102 g/mol. The summed E-state index contributed by atoms with van der Waals surface area (Å²) in [5, 5.41) is 1.83. The van der Waals surface area contributed by atoms with Crippen molar-refractivity contribution in [2.45, 2.75) is 19.9 Å². The minimum Gasteiger partial charge on any atom is -0.413 e. The zero-order chi connectivity index (χ0) is 6.15. The average Bonchev–Trinajstić information content (AvgIpc) is 1.98. The van der Waals surface area contributed by atoms with Gasteiger partial charge < -0.3 is 4.84 Å². The molecule has 0 amide bonds. The van der Waals surface area contributed by atoms with Crippen LogP contribution in [0, 0.1) is 0 Å². The lowest BCUT2D eigenvalue weighted by Crippen LogP contribution is -2.22. The van der Waals surface area contributed by atoms with Crippen molar-refractivity contribution in [1.82, 2.24) is 5.06 Å². The van der Waals surface area contributed by atoms with Gasteiger partial charge in [0, 0.05) is 7.05 Å². The number of hydrogen-bond acceptors (Lipinski definition) is 2.